The zero-order chi connectivity index (χ0) is 14.4. The summed E-state index contributed by atoms with van der Waals surface area (Å²) in [5.74, 6) is 6.08. The summed E-state index contributed by atoms with van der Waals surface area (Å²) in [6.07, 6.45) is 4.32. The normalized spacial score (nSPS) is 21.9. The Kier molecular flexibility index (Phi) is 5.70. The fourth-order valence-corrected chi connectivity index (χ4v) is 2.50. The fourth-order valence-electron chi connectivity index (χ4n) is 2.43. The van der Waals surface area contributed by atoms with E-state index in [0.29, 0.717) is 11.3 Å². The zero-order valence-electron chi connectivity index (χ0n) is 11.5. The molecule has 0 radical (unpaired) electrons. The van der Waals surface area contributed by atoms with Crippen molar-refractivity contribution in [1.29, 1.82) is 0 Å². The molecule has 2 unspecified atom stereocenters. The summed E-state index contributed by atoms with van der Waals surface area (Å²) >= 11 is 5.55. The Labute approximate surface area is 124 Å². The Balaban J connectivity index is 2.12. The van der Waals surface area contributed by atoms with Crippen LogP contribution in [0.2, 0.25) is 0 Å². The molecule has 4 heteroatoms. The molecule has 20 heavy (non-hydrogen) atoms. The predicted octanol–water partition coefficient (Wildman–Crippen LogP) is 3.75. The first kappa shape index (κ1) is 15.2. The van der Waals surface area contributed by atoms with Crippen molar-refractivity contribution in [2.45, 2.75) is 37.9 Å². The smallest absolute Gasteiger partial charge is 0.135 e. The maximum absolute atomic E-state index is 13.3. The molecule has 0 saturated heterocycles. The van der Waals surface area contributed by atoms with E-state index in [1.807, 2.05) is 0 Å². The highest BCUT2D eigenvalue weighted by Crippen LogP contribution is 2.27. The number of alkyl halides is 1. The lowest BCUT2D eigenvalue weighted by Gasteiger charge is -2.29. The van der Waals surface area contributed by atoms with Gasteiger partial charge >= 0.3 is 0 Å². The molecule has 1 saturated carbocycles. The number of halogens is 2. The topological polar surface area (TPSA) is 18.5 Å². The van der Waals surface area contributed by atoms with E-state index in [9.17, 15) is 4.39 Å². The molecule has 0 spiro atoms. The van der Waals surface area contributed by atoms with Gasteiger partial charge in [0.15, 0.2) is 0 Å². The first-order chi connectivity index (χ1) is 9.72. The van der Waals surface area contributed by atoms with Crippen LogP contribution in [-0.4, -0.2) is 25.2 Å². The molecule has 2 rings (SSSR count). The number of hydrogen-bond donors (Lipinski definition) is 0. The number of ether oxygens (including phenoxy) is 2. The molecule has 0 N–H and O–H groups in total. The summed E-state index contributed by atoms with van der Waals surface area (Å²) in [6, 6.07) is 4.40. The third kappa shape index (κ3) is 4.13. The Morgan fingerprint density at radius 1 is 1.35 bits per heavy atom. The first-order valence-corrected chi connectivity index (χ1v) is 7.30. The molecule has 0 amide bonds. The molecule has 1 aliphatic rings. The number of hydrogen-bond acceptors (Lipinski definition) is 2. The zero-order valence-corrected chi connectivity index (χ0v) is 12.3. The van der Waals surface area contributed by atoms with Crippen molar-refractivity contribution in [3.05, 3.63) is 29.6 Å². The minimum Gasteiger partial charge on any atom is -0.489 e. The largest absolute Gasteiger partial charge is 0.489 e. The van der Waals surface area contributed by atoms with Crippen LogP contribution in [0.25, 0.3) is 0 Å². The Morgan fingerprint density at radius 3 is 2.90 bits per heavy atom. The van der Waals surface area contributed by atoms with Crippen molar-refractivity contribution in [2.75, 3.05) is 13.0 Å². The van der Waals surface area contributed by atoms with Crippen LogP contribution in [0.5, 0.6) is 5.75 Å². The van der Waals surface area contributed by atoms with Gasteiger partial charge in [-0.15, -0.1) is 11.6 Å². The summed E-state index contributed by atoms with van der Waals surface area (Å²) in [5.41, 5.74) is 0.546. The predicted molar refractivity (Wildman–Crippen MR) is 77.7 cm³/mol. The van der Waals surface area contributed by atoms with Crippen molar-refractivity contribution < 1.29 is 13.9 Å². The van der Waals surface area contributed by atoms with Gasteiger partial charge in [0.05, 0.1) is 17.5 Å². The molecule has 2 nitrogen and oxygen atoms in total. The van der Waals surface area contributed by atoms with Crippen LogP contribution in [-0.2, 0) is 4.74 Å². The van der Waals surface area contributed by atoms with Gasteiger partial charge in [0.2, 0.25) is 0 Å². The maximum Gasteiger partial charge on any atom is 0.135 e. The SMILES string of the molecule is COC1CCCC(Oc2ccc(F)cc2C#CCCl)C1. The van der Waals surface area contributed by atoms with Gasteiger partial charge in [-0.1, -0.05) is 11.8 Å². The second kappa shape index (κ2) is 7.52. The van der Waals surface area contributed by atoms with Crippen LogP contribution >= 0.6 is 11.6 Å². The molecule has 1 aromatic rings. The number of methoxy groups -OCH3 is 1. The number of rotatable bonds is 3. The Morgan fingerprint density at radius 2 is 2.15 bits per heavy atom. The standard InChI is InChI=1S/C16H18ClFO2/c1-19-14-5-2-6-15(11-14)20-16-8-7-13(18)10-12(16)4-3-9-17/h7-8,10,14-15H,2,5-6,9,11H2,1H3. The highest BCUT2D eigenvalue weighted by atomic mass is 35.5. The summed E-state index contributed by atoms with van der Waals surface area (Å²) < 4.78 is 24.7. The maximum atomic E-state index is 13.3. The molecule has 108 valence electrons. The highest BCUT2D eigenvalue weighted by molar-refractivity contribution is 6.19. The molecule has 0 aliphatic heterocycles. The Hall–Kier alpha value is -1.24. The second-order valence-electron chi connectivity index (χ2n) is 4.84. The fraction of sp³-hybridized carbons (Fsp3) is 0.500. The molecule has 1 aromatic carbocycles. The van der Waals surface area contributed by atoms with Crippen molar-refractivity contribution in [3.63, 3.8) is 0 Å². The van der Waals surface area contributed by atoms with Crippen molar-refractivity contribution in [3.8, 4) is 17.6 Å². The van der Waals surface area contributed by atoms with E-state index in [1.165, 1.54) is 12.1 Å². The van der Waals surface area contributed by atoms with Gasteiger partial charge in [-0.25, -0.2) is 4.39 Å². The van der Waals surface area contributed by atoms with Crippen LogP contribution in [0, 0.1) is 17.7 Å². The molecule has 1 aliphatic carbocycles. The van der Waals surface area contributed by atoms with Crippen LogP contribution in [0.1, 0.15) is 31.2 Å². The minimum absolute atomic E-state index is 0.0933. The van der Waals surface area contributed by atoms with Crippen molar-refractivity contribution in [1.82, 2.24) is 0 Å². The van der Waals surface area contributed by atoms with Gasteiger partial charge < -0.3 is 9.47 Å². The monoisotopic (exact) mass is 296 g/mol. The van der Waals surface area contributed by atoms with Crippen molar-refractivity contribution >= 4 is 11.6 Å². The lowest BCUT2D eigenvalue weighted by atomic mass is 9.95. The lowest BCUT2D eigenvalue weighted by molar-refractivity contribution is 0.0208. The van der Waals surface area contributed by atoms with E-state index in [4.69, 9.17) is 21.1 Å². The van der Waals surface area contributed by atoms with E-state index in [-0.39, 0.29) is 23.9 Å². The molecular weight excluding hydrogens is 279 g/mol. The van der Waals surface area contributed by atoms with Gasteiger partial charge in [0.25, 0.3) is 0 Å². The van der Waals surface area contributed by atoms with Crippen molar-refractivity contribution in [2.24, 2.45) is 0 Å². The molecule has 1 fully saturated rings. The van der Waals surface area contributed by atoms with Crippen LogP contribution in [0.3, 0.4) is 0 Å². The van der Waals surface area contributed by atoms with Crippen LogP contribution in [0.15, 0.2) is 18.2 Å². The summed E-state index contributed by atoms with van der Waals surface area (Å²) in [6.45, 7) is 0. The summed E-state index contributed by atoms with van der Waals surface area (Å²) in [5, 5.41) is 0. The quantitative estimate of drug-likeness (QED) is 0.625. The van der Waals surface area contributed by atoms with Crippen LogP contribution < -0.4 is 4.74 Å². The molecule has 0 aromatic heterocycles. The van der Waals surface area contributed by atoms with Gasteiger partial charge in [-0.2, -0.15) is 0 Å². The van der Waals surface area contributed by atoms with Crippen LogP contribution in [0.4, 0.5) is 4.39 Å². The lowest BCUT2D eigenvalue weighted by Crippen LogP contribution is -2.29. The van der Waals surface area contributed by atoms with E-state index in [2.05, 4.69) is 11.8 Å². The van der Waals surface area contributed by atoms with Gasteiger partial charge in [0.1, 0.15) is 17.7 Å². The van der Waals surface area contributed by atoms with E-state index >= 15 is 0 Å². The second-order valence-corrected chi connectivity index (χ2v) is 5.11. The van der Waals surface area contributed by atoms with E-state index < -0.39 is 0 Å². The van der Waals surface area contributed by atoms with Gasteiger partial charge in [-0.05, 0) is 37.5 Å². The van der Waals surface area contributed by atoms with Gasteiger partial charge in [-0.3, -0.25) is 0 Å². The molecule has 0 bridgehead atoms. The average molecular weight is 297 g/mol. The number of benzene rings is 1. The minimum atomic E-state index is -0.324. The summed E-state index contributed by atoms with van der Waals surface area (Å²) in [7, 11) is 1.72. The summed E-state index contributed by atoms with van der Waals surface area (Å²) in [4.78, 5) is 0. The van der Waals surface area contributed by atoms with E-state index in [1.54, 1.807) is 13.2 Å². The first-order valence-electron chi connectivity index (χ1n) is 6.76. The highest BCUT2D eigenvalue weighted by Gasteiger charge is 2.23. The Bertz CT molecular complexity index is 507. The molecular formula is C16H18ClFO2. The van der Waals surface area contributed by atoms with E-state index in [0.717, 1.165) is 25.7 Å². The van der Waals surface area contributed by atoms with Gasteiger partial charge in [0, 0.05) is 13.5 Å². The average Bonchev–Trinajstić information content (AvgIpc) is 2.47. The third-order valence-corrected chi connectivity index (χ3v) is 3.57. The third-order valence-electron chi connectivity index (χ3n) is 3.44. The molecule has 0 heterocycles. The molecule has 2 atom stereocenters.